The molecule has 0 N–H and O–H groups in total. The summed E-state index contributed by atoms with van der Waals surface area (Å²) in [5.74, 6) is 0.233. The normalized spacial score (nSPS) is 26.0. The highest BCUT2D eigenvalue weighted by Crippen LogP contribution is 2.22. The van der Waals surface area contributed by atoms with Crippen LogP contribution in [0.2, 0.25) is 0 Å². The number of sulfone groups is 1. The molecule has 0 aromatic heterocycles. The van der Waals surface area contributed by atoms with Crippen molar-refractivity contribution in [3.8, 4) is 0 Å². The molecule has 30 heavy (non-hydrogen) atoms. The van der Waals surface area contributed by atoms with Crippen LogP contribution in [0.25, 0.3) is 0 Å². The van der Waals surface area contributed by atoms with Crippen LogP contribution in [0, 0.1) is 0 Å². The maximum absolute atomic E-state index is 13.0. The first-order valence-electron chi connectivity index (χ1n) is 10.2. The van der Waals surface area contributed by atoms with Crippen LogP contribution in [0.5, 0.6) is 0 Å². The van der Waals surface area contributed by atoms with Gasteiger partial charge in [0.15, 0.2) is 9.84 Å². The summed E-state index contributed by atoms with van der Waals surface area (Å²) in [4.78, 5) is 16.9. The summed E-state index contributed by atoms with van der Waals surface area (Å²) in [6.07, 6.45) is 0.651. The molecule has 3 aliphatic rings. The van der Waals surface area contributed by atoms with Gasteiger partial charge in [-0.15, -0.1) is 0 Å². The Bertz CT molecular complexity index is 997. The molecule has 3 saturated heterocycles. The summed E-state index contributed by atoms with van der Waals surface area (Å²) >= 11 is 0. The predicted octanol–water partition coefficient (Wildman–Crippen LogP) is -0.348. The number of nitrogens with zero attached hydrogens (tertiary/aromatic N) is 3. The van der Waals surface area contributed by atoms with E-state index < -0.39 is 19.9 Å². The quantitative estimate of drug-likeness (QED) is 0.609. The zero-order valence-electron chi connectivity index (χ0n) is 16.8. The highest BCUT2D eigenvalue weighted by atomic mass is 32.2. The predicted molar refractivity (Wildman–Crippen MR) is 111 cm³/mol. The zero-order chi connectivity index (χ0) is 21.4. The summed E-state index contributed by atoms with van der Waals surface area (Å²) in [6.45, 7) is 3.58. The summed E-state index contributed by atoms with van der Waals surface area (Å²) in [5.41, 5.74) is 0.348. The van der Waals surface area contributed by atoms with Crippen LogP contribution in [0.1, 0.15) is 16.8 Å². The molecule has 0 unspecified atom stereocenters. The fourth-order valence-corrected chi connectivity index (χ4v) is 7.48. The number of amides is 1. The molecule has 166 valence electrons. The maximum Gasteiger partial charge on any atom is 0.253 e. The Morgan fingerprint density at radius 3 is 2.37 bits per heavy atom. The van der Waals surface area contributed by atoms with Crippen LogP contribution in [-0.4, -0.2) is 107 Å². The van der Waals surface area contributed by atoms with Crippen molar-refractivity contribution in [1.29, 1.82) is 0 Å². The number of ether oxygens (including phenoxy) is 1. The maximum atomic E-state index is 13.0. The minimum absolute atomic E-state index is 0.0363. The van der Waals surface area contributed by atoms with E-state index in [-0.39, 0.29) is 28.4 Å². The third-order valence-electron chi connectivity index (χ3n) is 6.02. The fraction of sp³-hybridized carbons (Fsp3) is 0.632. The number of carbonyl (C=O) groups excluding carboxylic acids is 1. The Kier molecular flexibility index (Phi) is 6.18. The molecule has 0 radical (unpaired) electrons. The van der Waals surface area contributed by atoms with Gasteiger partial charge in [-0.1, -0.05) is 6.07 Å². The van der Waals surface area contributed by atoms with Crippen molar-refractivity contribution < 1.29 is 26.4 Å². The standard InChI is InChI=1S/C19H27N3O6S2/c23-19(21-7-5-20(6-8-21)17-4-13-29(24,25)15-17)16-2-1-3-18(14-16)30(26,27)22-9-11-28-12-10-22/h1-3,14,17H,4-13,15H2/t17-/m1/s1. The monoisotopic (exact) mass is 457 g/mol. The lowest BCUT2D eigenvalue weighted by molar-refractivity contribution is 0.0587. The number of morpholine rings is 1. The summed E-state index contributed by atoms with van der Waals surface area (Å²) in [7, 11) is -6.60. The number of hydrogen-bond acceptors (Lipinski definition) is 7. The minimum atomic E-state index is -3.66. The van der Waals surface area contributed by atoms with Crippen LogP contribution >= 0.6 is 0 Å². The molecule has 0 aliphatic carbocycles. The lowest BCUT2D eigenvalue weighted by Gasteiger charge is -2.37. The third-order valence-corrected chi connectivity index (χ3v) is 9.66. The molecule has 0 saturated carbocycles. The molecular formula is C19H27N3O6S2. The molecule has 1 aromatic rings. The lowest BCUT2D eigenvalue weighted by Crippen LogP contribution is -2.52. The number of sulfonamides is 1. The van der Waals surface area contributed by atoms with E-state index in [0.29, 0.717) is 64.5 Å². The van der Waals surface area contributed by atoms with Crippen LogP contribution in [-0.2, 0) is 24.6 Å². The Morgan fingerprint density at radius 1 is 1.03 bits per heavy atom. The molecule has 3 heterocycles. The first-order chi connectivity index (χ1) is 14.3. The highest BCUT2D eigenvalue weighted by Gasteiger charge is 2.34. The average Bonchev–Trinajstić information content (AvgIpc) is 3.14. The Balaban J connectivity index is 1.41. The SMILES string of the molecule is O=C(c1cccc(S(=O)(=O)N2CCOCC2)c1)N1CCN([C@@H]2CCS(=O)(=O)C2)CC1. The smallest absolute Gasteiger partial charge is 0.253 e. The molecular weight excluding hydrogens is 430 g/mol. The van der Waals surface area contributed by atoms with E-state index in [4.69, 9.17) is 4.74 Å². The molecule has 0 spiro atoms. The van der Waals surface area contributed by atoms with Gasteiger partial charge in [0.25, 0.3) is 5.91 Å². The summed E-state index contributed by atoms with van der Waals surface area (Å²) in [6, 6.07) is 6.23. The van der Waals surface area contributed by atoms with Crippen LogP contribution in [0.3, 0.4) is 0 Å². The molecule has 3 aliphatic heterocycles. The van der Waals surface area contributed by atoms with Gasteiger partial charge in [-0.3, -0.25) is 9.69 Å². The van der Waals surface area contributed by atoms with Crippen molar-refractivity contribution in [1.82, 2.24) is 14.1 Å². The number of rotatable bonds is 4. The number of carbonyl (C=O) groups is 1. The third kappa shape index (κ3) is 4.54. The van der Waals surface area contributed by atoms with Gasteiger partial charge in [-0.05, 0) is 24.6 Å². The zero-order valence-corrected chi connectivity index (χ0v) is 18.4. The van der Waals surface area contributed by atoms with E-state index in [1.807, 2.05) is 0 Å². The Labute approximate surface area is 177 Å². The first kappa shape index (κ1) is 21.7. The second-order valence-electron chi connectivity index (χ2n) is 7.93. The second kappa shape index (κ2) is 8.54. The number of benzene rings is 1. The molecule has 1 amide bonds. The fourth-order valence-electron chi connectivity index (χ4n) is 4.26. The van der Waals surface area contributed by atoms with Crippen LogP contribution in [0.15, 0.2) is 29.2 Å². The lowest BCUT2D eigenvalue weighted by atomic mass is 10.1. The molecule has 9 nitrogen and oxygen atoms in total. The van der Waals surface area contributed by atoms with Crippen molar-refractivity contribution >= 4 is 25.8 Å². The van der Waals surface area contributed by atoms with Gasteiger partial charge in [0, 0.05) is 50.9 Å². The topological polar surface area (TPSA) is 104 Å². The van der Waals surface area contributed by atoms with Gasteiger partial charge in [-0.2, -0.15) is 4.31 Å². The van der Waals surface area contributed by atoms with Crippen molar-refractivity contribution in [2.75, 3.05) is 64.0 Å². The van der Waals surface area contributed by atoms with Gasteiger partial charge in [0.2, 0.25) is 10.0 Å². The largest absolute Gasteiger partial charge is 0.379 e. The molecule has 1 atom stereocenters. The van der Waals surface area contributed by atoms with E-state index >= 15 is 0 Å². The van der Waals surface area contributed by atoms with Crippen LogP contribution in [0.4, 0.5) is 0 Å². The van der Waals surface area contributed by atoms with Gasteiger partial charge in [0.05, 0.1) is 29.6 Å². The molecule has 3 fully saturated rings. The second-order valence-corrected chi connectivity index (χ2v) is 12.1. The average molecular weight is 458 g/mol. The van der Waals surface area contributed by atoms with Gasteiger partial charge in [-0.25, -0.2) is 16.8 Å². The first-order valence-corrected chi connectivity index (χ1v) is 13.4. The van der Waals surface area contributed by atoms with Crippen molar-refractivity contribution in [3.05, 3.63) is 29.8 Å². The molecule has 11 heteroatoms. The van der Waals surface area contributed by atoms with E-state index in [2.05, 4.69) is 4.90 Å². The van der Waals surface area contributed by atoms with Gasteiger partial charge < -0.3 is 9.64 Å². The highest BCUT2D eigenvalue weighted by molar-refractivity contribution is 7.91. The van der Waals surface area contributed by atoms with Gasteiger partial charge in [0.1, 0.15) is 0 Å². The van der Waals surface area contributed by atoms with Crippen LogP contribution < -0.4 is 0 Å². The van der Waals surface area contributed by atoms with Crippen molar-refractivity contribution in [2.24, 2.45) is 0 Å². The van der Waals surface area contributed by atoms with E-state index in [0.717, 1.165) is 0 Å². The van der Waals surface area contributed by atoms with E-state index in [9.17, 15) is 21.6 Å². The summed E-state index contributed by atoms with van der Waals surface area (Å²) in [5, 5.41) is 0. The Morgan fingerprint density at radius 2 is 1.73 bits per heavy atom. The number of piperazine rings is 1. The van der Waals surface area contributed by atoms with Crippen molar-refractivity contribution in [2.45, 2.75) is 17.4 Å². The molecule has 4 rings (SSSR count). The molecule has 1 aromatic carbocycles. The minimum Gasteiger partial charge on any atom is -0.379 e. The molecule has 0 bridgehead atoms. The Hall–Kier alpha value is -1.53. The van der Waals surface area contributed by atoms with E-state index in [1.165, 1.54) is 16.4 Å². The summed E-state index contributed by atoms with van der Waals surface area (Å²) < 4.78 is 55.8. The number of hydrogen-bond donors (Lipinski definition) is 0. The van der Waals surface area contributed by atoms with Crippen molar-refractivity contribution in [3.63, 3.8) is 0 Å². The van der Waals surface area contributed by atoms with Gasteiger partial charge >= 0.3 is 0 Å². The van der Waals surface area contributed by atoms with E-state index in [1.54, 1.807) is 17.0 Å².